The third-order valence-corrected chi connectivity index (χ3v) is 18.0. The third kappa shape index (κ3) is 7.93. The van der Waals surface area contributed by atoms with E-state index >= 15 is 0 Å². The summed E-state index contributed by atoms with van der Waals surface area (Å²) < 4.78 is 0. The maximum Gasteiger partial charge on any atom is 0.252 e. The van der Waals surface area contributed by atoms with E-state index in [1.165, 1.54) is 83.9 Å². The van der Waals surface area contributed by atoms with Crippen molar-refractivity contribution in [1.82, 2.24) is 0 Å². The molecule has 0 aromatic heterocycles. The zero-order chi connectivity index (χ0) is 54.3. The van der Waals surface area contributed by atoms with Gasteiger partial charge in [0.2, 0.25) is 0 Å². The molecule has 9 aromatic carbocycles. The van der Waals surface area contributed by atoms with E-state index in [0.717, 1.165) is 47.0 Å². The zero-order valence-electron chi connectivity index (χ0n) is 47.8. The number of rotatable bonds is 8. The second-order valence-electron chi connectivity index (χ2n) is 26.6. The van der Waals surface area contributed by atoms with Crippen LogP contribution in [0.15, 0.2) is 200 Å². The molecule has 0 saturated heterocycles. The average Bonchev–Trinajstić information content (AvgIpc) is 2.83. The smallest absolute Gasteiger partial charge is 0.252 e. The molecule has 0 N–H and O–H groups in total. The topological polar surface area (TPSA) is 13.0 Å². The van der Waals surface area contributed by atoms with Crippen LogP contribution in [0.3, 0.4) is 0 Å². The lowest BCUT2D eigenvalue weighted by Crippen LogP contribution is -2.61. The Kier molecular flexibility index (Phi) is 11.3. The van der Waals surface area contributed by atoms with Gasteiger partial charge in [-0.3, -0.25) is 0 Å². The van der Waals surface area contributed by atoms with Crippen LogP contribution in [0.2, 0.25) is 0 Å². The molecule has 2 heterocycles. The Balaban J connectivity index is 1.18. The summed E-state index contributed by atoms with van der Waals surface area (Å²) in [6.07, 6.45) is 2.18. The molecule has 0 atom stereocenters. The van der Waals surface area contributed by atoms with Gasteiger partial charge in [0, 0.05) is 62.6 Å². The van der Waals surface area contributed by atoms with Crippen molar-refractivity contribution in [2.24, 2.45) is 0 Å². The highest BCUT2D eigenvalue weighted by Gasteiger charge is 2.49. The van der Waals surface area contributed by atoms with E-state index < -0.39 is 0 Å². The first-order valence-electron chi connectivity index (χ1n) is 28.4. The lowest BCUT2D eigenvalue weighted by Gasteiger charge is -2.46. The van der Waals surface area contributed by atoms with Gasteiger partial charge in [-0.05, 0) is 194 Å². The van der Waals surface area contributed by atoms with Gasteiger partial charge in [0.1, 0.15) is 0 Å². The van der Waals surface area contributed by atoms with Gasteiger partial charge in [-0.2, -0.15) is 0 Å². The molecule has 0 unspecified atom stereocenters. The molecule has 4 aliphatic rings. The molecule has 13 rings (SSSR count). The predicted octanol–water partition coefficient (Wildman–Crippen LogP) is 18.2. The second kappa shape index (κ2) is 17.6. The number of hydrogen-bond donors (Lipinski definition) is 0. The number of para-hydroxylation sites is 4. The highest BCUT2D eigenvalue weighted by molar-refractivity contribution is 7.00. The summed E-state index contributed by atoms with van der Waals surface area (Å²) in [5, 5.41) is 0. The van der Waals surface area contributed by atoms with Gasteiger partial charge >= 0.3 is 0 Å². The number of benzene rings is 9. The molecular weight excluding hydrogens is 944 g/mol. The first kappa shape index (κ1) is 49.8. The molecular formula is C73H73BN4. The van der Waals surface area contributed by atoms with Crippen LogP contribution in [0.25, 0.3) is 0 Å². The molecule has 2 aliphatic heterocycles. The van der Waals surface area contributed by atoms with Crippen molar-refractivity contribution in [3.8, 4) is 0 Å². The molecule has 388 valence electrons. The Labute approximate surface area is 465 Å². The fourth-order valence-corrected chi connectivity index (χ4v) is 14.9. The molecule has 0 amide bonds. The Hall–Kier alpha value is -7.76. The van der Waals surface area contributed by atoms with Gasteiger partial charge in [0.25, 0.3) is 6.71 Å². The number of nitrogens with zero attached hydrogens (tertiary/aromatic N) is 4. The minimum atomic E-state index is -0.0804. The van der Waals surface area contributed by atoms with Crippen molar-refractivity contribution in [3.05, 3.63) is 234 Å². The molecule has 4 nitrogen and oxygen atoms in total. The van der Waals surface area contributed by atoms with Gasteiger partial charge < -0.3 is 19.6 Å². The lowest BCUT2D eigenvalue weighted by atomic mass is 9.33. The van der Waals surface area contributed by atoms with Gasteiger partial charge in [-0.25, -0.2) is 0 Å². The van der Waals surface area contributed by atoms with Gasteiger partial charge in [-0.1, -0.05) is 179 Å². The highest BCUT2D eigenvalue weighted by Crippen LogP contribution is 2.56. The average molecular weight is 1020 g/mol. The molecule has 0 saturated carbocycles. The molecule has 78 heavy (non-hydrogen) atoms. The standard InChI is InChI=1S/C73H73BN4/c1-48-39-49(69(2,3)4)33-38-63(48)78-65-45-60-59(72(9,10)47-73(60,11)12)44-62(65)74-61-37-35-55(75(50-25-17-13-18-26-50)51-27-19-14-20-28-51)41-64(61)77(54-34-36-57-58(40-54)71(7,8)46-70(57,5)6)66-42-56(43-67(78)68(66)74)76(52-29-21-15-22-30-52)53-31-23-16-24-32-53/h13-45H,46-47H2,1-12H3. The van der Waals surface area contributed by atoms with E-state index in [4.69, 9.17) is 0 Å². The molecule has 9 aromatic rings. The van der Waals surface area contributed by atoms with Crippen LogP contribution in [-0.4, -0.2) is 6.71 Å². The normalized spacial score (nSPS) is 16.7. The summed E-state index contributed by atoms with van der Waals surface area (Å²) >= 11 is 0. The number of anilines is 12. The minimum absolute atomic E-state index is 0.00508. The van der Waals surface area contributed by atoms with Crippen LogP contribution in [0.5, 0.6) is 0 Å². The van der Waals surface area contributed by atoms with Gasteiger partial charge in [-0.15, -0.1) is 0 Å². The summed E-state index contributed by atoms with van der Waals surface area (Å²) in [5.41, 5.74) is 26.3. The fraction of sp³-hybridized carbons (Fsp3) is 0.260. The first-order chi connectivity index (χ1) is 37.2. The number of aryl methyl sites for hydroxylation is 1. The summed E-state index contributed by atoms with van der Waals surface area (Å²) in [4.78, 5) is 10.2. The highest BCUT2D eigenvalue weighted by atomic mass is 15.2. The Morgan fingerprint density at radius 1 is 0.372 bits per heavy atom. The summed E-state index contributed by atoms with van der Waals surface area (Å²) in [6.45, 7) is 28.9. The van der Waals surface area contributed by atoms with Crippen LogP contribution in [-0.2, 0) is 27.1 Å². The molecule has 5 heteroatoms. The second-order valence-corrected chi connectivity index (χ2v) is 26.6. The first-order valence-corrected chi connectivity index (χ1v) is 28.4. The van der Waals surface area contributed by atoms with Crippen molar-refractivity contribution in [3.63, 3.8) is 0 Å². The number of hydrogen-bond acceptors (Lipinski definition) is 4. The largest absolute Gasteiger partial charge is 0.311 e. The minimum Gasteiger partial charge on any atom is -0.311 e. The van der Waals surface area contributed by atoms with Crippen LogP contribution < -0.4 is 36.0 Å². The third-order valence-electron chi connectivity index (χ3n) is 18.0. The monoisotopic (exact) mass is 1020 g/mol. The van der Waals surface area contributed by atoms with Crippen LogP contribution in [0.1, 0.15) is 122 Å². The fourth-order valence-electron chi connectivity index (χ4n) is 14.9. The molecule has 0 fully saturated rings. The van der Waals surface area contributed by atoms with Gasteiger partial charge in [0.15, 0.2) is 0 Å². The maximum absolute atomic E-state index is 2.67. The molecule has 0 spiro atoms. The SMILES string of the molecule is Cc1cc(C(C)(C)C)ccc1N1c2cc3c(cc2B2c4ccc(N(c5ccccc5)c5ccccc5)cc4N(c4ccc5c(c4)C(C)(C)CC5(C)C)c4cc(N(c5ccccc5)c5ccccc5)cc1c42)C(C)(C)CC3(C)C. The summed E-state index contributed by atoms with van der Waals surface area (Å²) in [5.74, 6) is 0. The number of fused-ring (bicyclic) bond motifs is 6. The summed E-state index contributed by atoms with van der Waals surface area (Å²) in [7, 11) is 0. The van der Waals surface area contributed by atoms with E-state index in [1.54, 1.807) is 0 Å². The van der Waals surface area contributed by atoms with E-state index in [-0.39, 0.29) is 33.8 Å². The van der Waals surface area contributed by atoms with Crippen LogP contribution >= 0.6 is 0 Å². The Morgan fingerprint density at radius 2 is 0.821 bits per heavy atom. The Morgan fingerprint density at radius 3 is 1.33 bits per heavy atom. The zero-order valence-corrected chi connectivity index (χ0v) is 47.8. The lowest BCUT2D eigenvalue weighted by molar-refractivity contribution is 0.403. The van der Waals surface area contributed by atoms with Crippen molar-refractivity contribution < 1.29 is 0 Å². The summed E-state index contributed by atoms with van der Waals surface area (Å²) in [6, 6.07) is 76.1. The predicted molar refractivity (Wildman–Crippen MR) is 335 cm³/mol. The van der Waals surface area contributed by atoms with Crippen molar-refractivity contribution in [1.29, 1.82) is 0 Å². The van der Waals surface area contributed by atoms with E-state index in [1.807, 2.05) is 0 Å². The maximum atomic E-state index is 2.67. The molecule has 0 radical (unpaired) electrons. The van der Waals surface area contributed by atoms with Gasteiger partial charge in [0.05, 0.1) is 5.69 Å². The molecule has 0 bridgehead atoms. The van der Waals surface area contributed by atoms with Crippen molar-refractivity contribution in [2.75, 3.05) is 19.6 Å². The molecule has 2 aliphatic carbocycles. The van der Waals surface area contributed by atoms with E-state index in [0.29, 0.717) is 0 Å². The quantitative estimate of drug-likeness (QED) is 0.141. The van der Waals surface area contributed by atoms with Crippen LogP contribution in [0, 0.1) is 6.92 Å². The van der Waals surface area contributed by atoms with Crippen molar-refractivity contribution in [2.45, 2.75) is 123 Å². The van der Waals surface area contributed by atoms with E-state index in [2.05, 4.69) is 303 Å². The van der Waals surface area contributed by atoms with Crippen molar-refractivity contribution >= 4 is 91.3 Å². The van der Waals surface area contributed by atoms with E-state index in [9.17, 15) is 0 Å². The van der Waals surface area contributed by atoms with Crippen LogP contribution in [0.4, 0.5) is 68.2 Å². The Bertz CT molecular complexity index is 3730.